The fourth-order valence-electron chi connectivity index (χ4n) is 0.602. The van der Waals surface area contributed by atoms with Crippen LogP contribution in [0.4, 0.5) is 6.01 Å². The van der Waals surface area contributed by atoms with E-state index in [2.05, 4.69) is 24.1 Å². The highest BCUT2D eigenvalue weighted by molar-refractivity contribution is 5.17. The van der Waals surface area contributed by atoms with Crippen molar-refractivity contribution in [3.05, 3.63) is 12.5 Å². The SMILES string of the molecule is CC(C)CNc1ncco1. The molecule has 0 aliphatic heterocycles. The monoisotopic (exact) mass is 140 g/mol. The van der Waals surface area contributed by atoms with E-state index in [1.165, 1.54) is 0 Å². The third-order valence-electron chi connectivity index (χ3n) is 1.09. The lowest BCUT2D eigenvalue weighted by molar-refractivity contribution is 0.560. The first-order valence-corrected chi connectivity index (χ1v) is 3.42. The summed E-state index contributed by atoms with van der Waals surface area (Å²) >= 11 is 0. The van der Waals surface area contributed by atoms with E-state index in [0.717, 1.165) is 6.54 Å². The van der Waals surface area contributed by atoms with Gasteiger partial charge in [0.25, 0.3) is 6.01 Å². The lowest BCUT2D eigenvalue weighted by atomic mass is 10.2. The number of nitrogens with zero attached hydrogens (tertiary/aromatic N) is 1. The fourth-order valence-corrected chi connectivity index (χ4v) is 0.602. The number of anilines is 1. The van der Waals surface area contributed by atoms with Crippen molar-refractivity contribution < 1.29 is 4.42 Å². The van der Waals surface area contributed by atoms with Crippen molar-refractivity contribution in [1.82, 2.24) is 4.98 Å². The highest BCUT2D eigenvalue weighted by Gasteiger charge is 1.96. The maximum Gasteiger partial charge on any atom is 0.294 e. The lowest BCUT2D eigenvalue weighted by Gasteiger charge is -2.02. The van der Waals surface area contributed by atoms with E-state index >= 15 is 0 Å². The van der Waals surface area contributed by atoms with E-state index < -0.39 is 0 Å². The van der Waals surface area contributed by atoms with Gasteiger partial charge in [-0.15, -0.1) is 0 Å². The summed E-state index contributed by atoms with van der Waals surface area (Å²) in [4.78, 5) is 3.91. The Balaban J connectivity index is 2.28. The Kier molecular flexibility index (Phi) is 2.31. The van der Waals surface area contributed by atoms with E-state index in [0.29, 0.717) is 11.9 Å². The Morgan fingerprint density at radius 3 is 3.00 bits per heavy atom. The molecule has 1 aromatic rings. The van der Waals surface area contributed by atoms with Crippen LogP contribution in [-0.4, -0.2) is 11.5 Å². The molecule has 0 spiro atoms. The van der Waals surface area contributed by atoms with Crippen LogP contribution in [0.2, 0.25) is 0 Å². The maximum atomic E-state index is 4.96. The van der Waals surface area contributed by atoms with Gasteiger partial charge in [-0.1, -0.05) is 13.8 Å². The molecule has 0 saturated heterocycles. The molecule has 1 heterocycles. The van der Waals surface area contributed by atoms with Crippen molar-refractivity contribution in [2.45, 2.75) is 13.8 Å². The van der Waals surface area contributed by atoms with E-state index in [1.54, 1.807) is 12.5 Å². The Labute approximate surface area is 60.5 Å². The van der Waals surface area contributed by atoms with E-state index in [9.17, 15) is 0 Å². The lowest BCUT2D eigenvalue weighted by Crippen LogP contribution is -2.07. The zero-order chi connectivity index (χ0) is 7.40. The second-order valence-corrected chi connectivity index (χ2v) is 2.61. The summed E-state index contributed by atoms with van der Waals surface area (Å²) in [6.45, 7) is 5.17. The molecule has 0 atom stereocenters. The standard InChI is InChI=1S/C7H12N2O/c1-6(2)5-9-7-8-3-4-10-7/h3-4,6H,5H2,1-2H3,(H,8,9). The van der Waals surface area contributed by atoms with Crippen LogP contribution >= 0.6 is 0 Å². The van der Waals surface area contributed by atoms with Gasteiger partial charge < -0.3 is 9.73 Å². The summed E-state index contributed by atoms with van der Waals surface area (Å²) < 4.78 is 4.96. The summed E-state index contributed by atoms with van der Waals surface area (Å²) in [6.07, 6.45) is 3.19. The van der Waals surface area contributed by atoms with Crippen molar-refractivity contribution >= 4 is 6.01 Å². The van der Waals surface area contributed by atoms with Crippen LogP contribution in [0, 0.1) is 5.92 Å². The Morgan fingerprint density at radius 1 is 1.70 bits per heavy atom. The fraction of sp³-hybridized carbons (Fsp3) is 0.571. The molecule has 3 heteroatoms. The molecule has 0 bridgehead atoms. The maximum absolute atomic E-state index is 4.96. The van der Waals surface area contributed by atoms with Gasteiger partial charge >= 0.3 is 0 Å². The van der Waals surface area contributed by atoms with Gasteiger partial charge in [0.05, 0.1) is 6.20 Å². The zero-order valence-electron chi connectivity index (χ0n) is 6.29. The molecule has 1 rings (SSSR count). The molecule has 0 unspecified atom stereocenters. The molecule has 10 heavy (non-hydrogen) atoms. The van der Waals surface area contributed by atoms with Gasteiger partial charge in [0.1, 0.15) is 6.26 Å². The summed E-state index contributed by atoms with van der Waals surface area (Å²) in [6, 6.07) is 0.605. The molecule has 0 aliphatic carbocycles. The normalized spacial score (nSPS) is 10.3. The average molecular weight is 140 g/mol. The molecular weight excluding hydrogens is 128 g/mol. The molecule has 0 fully saturated rings. The largest absolute Gasteiger partial charge is 0.432 e. The molecule has 0 saturated carbocycles. The smallest absolute Gasteiger partial charge is 0.294 e. The third-order valence-corrected chi connectivity index (χ3v) is 1.09. The molecular formula is C7H12N2O. The summed E-state index contributed by atoms with van der Waals surface area (Å²) in [5.41, 5.74) is 0. The van der Waals surface area contributed by atoms with Gasteiger partial charge in [-0.25, -0.2) is 4.98 Å². The summed E-state index contributed by atoms with van der Waals surface area (Å²) in [7, 11) is 0. The molecule has 0 aromatic carbocycles. The van der Waals surface area contributed by atoms with E-state index in [4.69, 9.17) is 4.42 Å². The van der Waals surface area contributed by atoms with Crippen LogP contribution in [0.25, 0.3) is 0 Å². The molecule has 1 N–H and O–H groups in total. The van der Waals surface area contributed by atoms with Gasteiger partial charge in [0.2, 0.25) is 0 Å². The summed E-state index contributed by atoms with van der Waals surface area (Å²) in [5.74, 6) is 0.617. The molecule has 0 amide bonds. The first-order valence-electron chi connectivity index (χ1n) is 3.42. The number of oxazole rings is 1. The zero-order valence-corrected chi connectivity index (χ0v) is 6.29. The summed E-state index contributed by atoms with van der Waals surface area (Å²) in [5, 5.41) is 3.05. The minimum Gasteiger partial charge on any atom is -0.432 e. The van der Waals surface area contributed by atoms with Crippen LogP contribution in [0.15, 0.2) is 16.9 Å². The predicted octanol–water partition coefficient (Wildman–Crippen LogP) is 1.74. The minimum atomic E-state index is 0.605. The first-order chi connectivity index (χ1) is 4.79. The second kappa shape index (κ2) is 3.25. The topological polar surface area (TPSA) is 38.1 Å². The first kappa shape index (κ1) is 7.12. The molecule has 0 aliphatic rings. The van der Waals surface area contributed by atoms with Gasteiger partial charge in [0.15, 0.2) is 0 Å². The van der Waals surface area contributed by atoms with Crippen molar-refractivity contribution in [3.63, 3.8) is 0 Å². The van der Waals surface area contributed by atoms with Gasteiger partial charge in [0, 0.05) is 6.54 Å². The van der Waals surface area contributed by atoms with E-state index in [-0.39, 0.29) is 0 Å². The van der Waals surface area contributed by atoms with Gasteiger partial charge in [-0.2, -0.15) is 0 Å². The van der Waals surface area contributed by atoms with Crippen molar-refractivity contribution in [3.8, 4) is 0 Å². The average Bonchev–Trinajstić information content (AvgIpc) is 2.34. The van der Waals surface area contributed by atoms with E-state index in [1.807, 2.05) is 0 Å². The number of hydrogen-bond acceptors (Lipinski definition) is 3. The highest BCUT2D eigenvalue weighted by Crippen LogP contribution is 2.01. The van der Waals surface area contributed by atoms with Crippen LogP contribution in [0.3, 0.4) is 0 Å². The second-order valence-electron chi connectivity index (χ2n) is 2.61. The highest BCUT2D eigenvalue weighted by atomic mass is 16.4. The Hall–Kier alpha value is -0.990. The number of nitrogens with one attached hydrogen (secondary N) is 1. The number of aromatic nitrogens is 1. The third kappa shape index (κ3) is 2.09. The predicted molar refractivity (Wildman–Crippen MR) is 39.8 cm³/mol. The van der Waals surface area contributed by atoms with Gasteiger partial charge in [-0.3, -0.25) is 0 Å². The minimum absolute atomic E-state index is 0.605. The number of rotatable bonds is 3. The quantitative estimate of drug-likeness (QED) is 0.695. The van der Waals surface area contributed by atoms with Crippen LogP contribution < -0.4 is 5.32 Å². The van der Waals surface area contributed by atoms with Crippen LogP contribution in [0.5, 0.6) is 0 Å². The van der Waals surface area contributed by atoms with Crippen LogP contribution in [0.1, 0.15) is 13.8 Å². The van der Waals surface area contributed by atoms with Crippen molar-refractivity contribution in [1.29, 1.82) is 0 Å². The molecule has 1 aromatic heterocycles. The number of hydrogen-bond donors (Lipinski definition) is 1. The Morgan fingerprint density at radius 2 is 2.50 bits per heavy atom. The van der Waals surface area contributed by atoms with Crippen molar-refractivity contribution in [2.75, 3.05) is 11.9 Å². The molecule has 0 radical (unpaired) electrons. The van der Waals surface area contributed by atoms with Gasteiger partial charge in [-0.05, 0) is 5.92 Å². The van der Waals surface area contributed by atoms with Crippen molar-refractivity contribution in [2.24, 2.45) is 5.92 Å². The Bertz CT molecular complexity index is 170. The molecule has 56 valence electrons. The molecule has 3 nitrogen and oxygen atoms in total. The van der Waals surface area contributed by atoms with Crippen LogP contribution in [-0.2, 0) is 0 Å².